The highest BCUT2D eigenvalue weighted by Gasteiger charge is 2.05. The van der Waals surface area contributed by atoms with Crippen molar-refractivity contribution in [3.05, 3.63) is 23.8 Å². The van der Waals surface area contributed by atoms with Crippen LogP contribution in [-0.4, -0.2) is 10.2 Å². The Morgan fingerprint density at radius 2 is 1.92 bits per heavy atom. The topological polar surface area (TPSA) is 66.5 Å². The maximum absolute atomic E-state index is 9.22. The molecule has 0 aromatic heterocycles. The Hall–Kier alpha value is -0.930. The van der Waals surface area contributed by atoms with E-state index in [1.54, 1.807) is 13.0 Å². The van der Waals surface area contributed by atoms with Gasteiger partial charge in [-0.2, -0.15) is 0 Å². The number of phenolic OH excluding ortho intramolecular Hbond substituents is 2. The van der Waals surface area contributed by atoms with E-state index < -0.39 is 0 Å². The van der Waals surface area contributed by atoms with E-state index >= 15 is 0 Å². The minimum absolute atomic E-state index is 0. The summed E-state index contributed by atoms with van der Waals surface area (Å²) < 4.78 is 0. The van der Waals surface area contributed by atoms with E-state index in [4.69, 9.17) is 10.8 Å². The van der Waals surface area contributed by atoms with Gasteiger partial charge in [-0.15, -0.1) is 12.4 Å². The van der Waals surface area contributed by atoms with E-state index in [-0.39, 0.29) is 29.9 Å². The summed E-state index contributed by atoms with van der Waals surface area (Å²) in [4.78, 5) is 0. The number of nitrogens with two attached hydrogens (primary N) is 1. The molecule has 12 heavy (non-hydrogen) atoms. The van der Waals surface area contributed by atoms with Gasteiger partial charge in [0.05, 0.1) is 0 Å². The molecule has 0 fully saturated rings. The summed E-state index contributed by atoms with van der Waals surface area (Å²) in [7, 11) is 0. The molecule has 0 radical (unpaired) electrons. The van der Waals surface area contributed by atoms with Gasteiger partial charge in [0, 0.05) is 17.7 Å². The van der Waals surface area contributed by atoms with Crippen molar-refractivity contribution in [2.24, 2.45) is 5.73 Å². The highest BCUT2D eigenvalue weighted by Crippen LogP contribution is 2.26. The standard InChI is InChI=1S/C8H11NO2.ClH/c1-5(9)7-3-2-6(10)4-8(7)11;/h2-5,10-11H,9H2,1H3;1H/t5-;/m1./s1. The normalized spacial score (nSPS) is 11.8. The molecule has 0 aliphatic rings. The van der Waals surface area contributed by atoms with Gasteiger partial charge in [-0.3, -0.25) is 0 Å². The summed E-state index contributed by atoms with van der Waals surface area (Å²) in [6.45, 7) is 1.77. The van der Waals surface area contributed by atoms with Gasteiger partial charge in [0.1, 0.15) is 11.5 Å². The molecule has 4 heteroatoms. The molecule has 0 unspecified atom stereocenters. The zero-order valence-electron chi connectivity index (χ0n) is 6.69. The molecule has 3 nitrogen and oxygen atoms in total. The summed E-state index contributed by atoms with van der Waals surface area (Å²) in [5.74, 6) is 0.0897. The van der Waals surface area contributed by atoms with Gasteiger partial charge in [0.2, 0.25) is 0 Å². The first kappa shape index (κ1) is 11.1. The van der Waals surface area contributed by atoms with Gasteiger partial charge < -0.3 is 15.9 Å². The van der Waals surface area contributed by atoms with Crippen LogP contribution in [-0.2, 0) is 0 Å². The Morgan fingerprint density at radius 1 is 1.33 bits per heavy atom. The molecule has 0 spiro atoms. The van der Waals surface area contributed by atoms with Gasteiger partial charge in [-0.25, -0.2) is 0 Å². The molecular weight excluding hydrogens is 178 g/mol. The van der Waals surface area contributed by atoms with E-state index in [1.807, 2.05) is 0 Å². The molecule has 1 rings (SSSR count). The number of benzene rings is 1. The molecule has 4 N–H and O–H groups in total. The van der Waals surface area contributed by atoms with E-state index in [9.17, 15) is 5.11 Å². The summed E-state index contributed by atoms with van der Waals surface area (Å²) in [5.41, 5.74) is 6.16. The number of aromatic hydroxyl groups is 2. The molecule has 68 valence electrons. The molecule has 0 heterocycles. The second kappa shape index (κ2) is 4.18. The largest absolute Gasteiger partial charge is 0.508 e. The summed E-state index contributed by atoms with van der Waals surface area (Å²) >= 11 is 0. The van der Waals surface area contributed by atoms with Gasteiger partial charge in [0.25, 0.3) is 0 Å². The molecule has 1 aromatic carbocycles. The second-order valence-electron chi connectivity index (χ2n) is 2.53. The number of hydrogen-bond acceptors (Lipinski definition) is 3. The molecule has 0 saturated heterocycles. The molecule has 0 aliphatic carbocycles. The lowest BCUT2D eigenvalue weighted by atomic mass is 10.1. The molecular formula is C8H12ClNO2. The average molecular weight is 190 g/mol. The fraction of sp³-hybridized carbons (Fsp3) is 0.250. The van der Waals surface area contributed by atoms with Crippen LogP contribution in [0, 0.1) is 0 Å². The SMILES string of the molecule is C[C@@H](N)c1ccc(O)cc1O.Cl. The molecule has 0 bridgehead atoms. The van der Waals surface area contributed by atoms with Crippen LogP contribution < -0.4 is 5.73 Å². The molecule has 1 atom stereocenters. The monoisotopic (exact) mass is 189 g/mol. The van der Waals surface area contributed by atoms with Crippen LogP contribution in [0.5, 0.6) is 11.5 Å². The number of phenols is 2. The van der Waals surface area contributed by atoms with Crippen molar-refractivity contribution < 1.29 is 10.2 Å². The maximum Gasteiger partial charge on any atom is 0.124 e. The molecule has 0 saturated carbocycles. The van der Waals surface area contributed by atoms with Crippen molar-refractivity contribution in [1.29, 1.82) is 0 Å². The Labute approximate surface area is 77.2 Å². The smallest absolute Gasteiger partial charge is 0.124 e. The highest BCUT2D eigenvalue weighted by molar-refractivity contribution is 5.85. The van der Waals surface area contributed by atoms with Crippen molar-refractivity contribution >= 4 is 12.4 Å². The van der Waals surface area contributed by atoms with E-state index in [1.165, 1.54) is 12.1 Å². The lowest BCUT2D eigenvalue weighted by Crippen LogP contribution is -2.04. The van der Waals surface area contributed by atoms with E-state index in [0.29, 0.717) is 5.56 Å². The quantitative estimate of drug-likeness (QED) is 0.628. The van der Waals surface area contributed by atoms with Crippen molar-refractivity contribution in [2.75, 3.05) is 0 Å². The third-order valence-electron chi connectivity index (χ3n) is 1.50. The first-order valence-corrected chi connectivity index (χ1v) is 3.38. The fourth-order valence-electron chi connectivity index (χ4n) is 0.917. The van der Waals surface area contributed by atoms with Crippen LogP contribution >= 0.6 is 12.4 Å². The Kier molecular flexibility index (Phi) is 3.86. The van der Waals surface area contributed by atoms with Crippen molar-refractivity contribution in [3.8, 4) is 11.5 Å². The molecule has 0 aliphatic heterocycles. The fourth-order valence-corrected chi connectivity index (χ4v) is 0.917. The molecule has 1 aromatic rings. The minimum atomic E-state index is -0.212. The van der Waals surface area contributed by atoms with E-state index in [0.717, 1.165) is 0 Å². The first-order valence-electron chi connectivity index (χ1n) is 3.38. The van der Waals surface area contributed by atoms with Gasteiger partial charge in [0.15, 0.2) is 0 Å². The Morgan fingerprint density at radius 3 is 2.33 bits per heavy atom. The van der Waals surface area contributed by atoms with Crippen molar-refractivity contribution in [1.82, 2.24) is 0 Å². The van der Waals surface area contributed by atoms with E-state index in [2.05, 4.69) is 0 Å². The van der Waals surface area contributed by atoms with Gasteiger partial charge in [-0.05, 0) is 13.0 Å². The third-order valence-corrected chi connectivity index (χ3v) is 1.50. The summed E-state index contributed by atoms with van der Waals surface area (Å²) in [6.07, 6.45) is 0. The highest BCUT2D eigenvalue weighted by atomic mass is 35.5. The zero-order chi connectivity index (χ0) is 8.43. The summed E-state index contributed by atoms with van der Waals surface area (Å²) in [6, 6.07) is 4.17. The van der Waals surface area contributed by atoms with Crippen molar-refractivity contribution in [2.45, 2.75) is 13.0 Å². The molecule has 0 amide bonds. The van der Waals surface area contributed by atoms with Gasteiger partial charge in [-0.1, -0.05) is 6.07 Å². The first-order chi connectivity index (χ1) is 5.11. The average Bonchev–Trinajstić information content (AvgIpc) is 1.85. The number of halogens is 1. The van der Waals surface area contributed by atoms with Crippen molar-refractivity contribution in [3.63, 3.8) is 0 Å². The second-order valence-corrected chi connectivity index (χ2v) is 2.53. The van der Waals surface area contributed by atoms with Crippen LogP contribution in [0.15, 0.2) is 18.2 Å². The third kappa shape index (κ3) is 2.29. The Bertz CT molecular complexity index is 263. The maximum atomic E-state index is 9.22. The lowest BCUT2D eigenvalue weighted by Gasteiger charge is -2.07. The Balaban J connectivity index is 0.00000121. The number of hydrogen-bond donors (Lipinski definition) is 3. The number of rotatable bonds is 1. The minimum Gasteiger partial charge on any atom is -0.508 e. The zero-order valence-corrected chi connectivity index (χ0v) is 7.51. The van der Waals surface area contributed by atoms with Crippen LogP contribution in [0.25, 0.3) is 0 Å². The summed E-state index contributed by atoms with van der Waals surface area (Å²) in [5, 5.41) is 18.1. The lowest BCUT2D eigenvalue weighted by molar-refractivity contribution is 0.443. The predicted octanol–water partition coefficient (Wildman–Crippen LogP) is 1.54. The van der Waals surface area contributed by atoms with Crippen LogP contribution in [0.3, 0.4) is 0 Å². The van der Waals surface area contributed by atoms with Gasteiger partial charge >= 0.3 is 0 Å². The van der Waals surface area contributed by atoms with Crippen LogP contribution in [0.2, 0.25) is 0 Å². The van der Waals surface area contributed by atoms with Crippen LogP contribution in [0.1, 0.15) is 18.5 Å². The predicted molar refractivity (Wildman–Crippen MR) is 49.6 cm³/mol. The van der Waals surface area contributed by atoms with Crippen LogP contribution in [0.4, 0.5) is 0 Å².